The highest BCUT2D eigenvalue weighted by Crippen LogP contribution is 2.24. The van der Waals surface area contributed by atoms with Gasteiger partial charge in [-0.1, -0.05) is 17.3 Å². The number of benzene rings is 1. The Balaban J connectivity index is 2.33. The summed E-state index contributed by atoms with van der Waals surface area (Å²) in [6, 6.07) is 6.08. The molecule has 4 nitrogen and oxygen atoms in total. The summed E-state index contributed by atoms with van der Waals surface area (Å²) in [7, 11) is 0. The molecule has 2 aromatic rings. The van der Waals surface area contributed by atoms with E-state index in [2.05, 4.69) is 10.5 Å². The van der Waals surface area contributed by atoms with Gasteiger partial charge in [0.05, 0.1) is 5.39 Å². The number of aromatic nitrogens is 1. The monoisotopic (exact) mass is 205 g/mol. The second kappa shape index (κ2) is 3.90. The second-order valence-electron chi connectivity index (χ2n) is 3.84. The standard InChI is InChI=1S/C11H15N3O/c1-7-4-3-5-9-10(7)15-14-11(9)13-6-8(2)12/h3-5,8H,6,12H2,1-2H3,(H,13,14). The Morgan fingerprint density at radius 2 is 2.33 bits per heavy atom. The van der Waals surface area contributed by atoms with Gasteiger partial charge >= 0.3 is 0 Å². The number of hydrogen-bond donors (Lipinski definition) is 2. The molecule has 1 heterocycles. The van der Waals surface area contributed by atoms with Gasteiger partial charge in [0.15, 0.2) is 11.4 Å². The topological polar surface area (TPSA) is 64.1 Å². The SMILES string of the molecule is Cc1cccc2c(NCC(C)N)noc12. The zero-order valence-corrected chi connectivity index (χ0v) is 8.95. The fraction of sp³-hybridized carbons (Fsp3) is 0.364. The van der Waals surface area contributed by atoms with Gasteiger partial charge in [-0.2, -0.15) is 0 Å². The van der Waals surface area contributed by atoms with Crippen molar-refractivity contribution in [1.82, 2.24) is 5.16 Å². The summed E-state index contributed by atoms with van der Waals surface area (Å²) in [4.78, 5) is 0. The molecule has 0 spiro atoms. The summed E-state index contributed by atoms with van der Waals surface area (Å²) >= 11 is 0. The van der Waals surface area contributed by atoms with E-state index < -0.39 is 0 Å². The van der Waals surface area contributed by atoms with E-state index in [1.165, 1.54) is 0 Å². The summed E-state index contributed by atoms with van der Waals surface area (Å²) < 4.78 is 5.26. The summed E-state index contributed by atoms with van der Waals surface area (Å²) in [5.74, 6) is 0.769. The number of anilines is 1. The van der Waals surface area contributed by atoms with Gasteiger partial charge in [0.2, 0.25) is 0 Å². The van der Waals surface area contributed by atoms with Gasteiger partial charge in [0.25, 0.3) is 0 Å². The van der Waals surface area contributed by atoms with Crippen molar-refractivity contribution < 1.29 is 4.52 Å². The van der Waals surface area contributed by atoms with Gasteiger partial charge in [0, 0.05) is 12.6 Å². The highest BCUT2D eigenvalue weighted by molar-refractivity contribution is 5.89. The van der Waals surface area contributed by atoms with Crippen LogP contribution in [0.25, 0.3) is 11.0 Å². The quantitative estimate of drug-likeness (QED) is 0.803. The lowest BCUT2D eigenvalue weighted by Crippen LogP contribution is -2.25. The first-order valence-electron chi connectivity index (χ1n) is 5.03. The highest BCUT2D eigenvalue weighted by Gasteiger charge is 2.09. The van der Waals surface area contributed by atoms with Crippen LogP contribution in [-0.2, 0) is 0 Å². The Morgan fingerprint density at radius 1 is 1.53 bits per heavy atom. The largest absolute Gasteiger partial charge is 0.365 e. The van der Waals surface area contributed by atoms with E-state index in [1.54, 1.807) is 0 Å². The van der Waals surface area contributed by atoms with Crippen molar-refractivity contribution >= 4 is 16.8 Å². The van der Waals surface area contributed by atoms with Crippen LogP contribution in [0.5, 0.6) is 0 Å². The predicted molar refractivity (Wildman–Crippen MR) is 60.9 cm³/mol. The Kier molecular flexibility index (Phi) is 2.60. The molecule has 0 fully saturated rings. The number of para-hydroxylation sites is 1. The van der Waals surface area contributed by atoms with Crippen LogP contribution in [0.3, 0.4) is 0 Å². The van der Waals surface area contributed by atoms with E-state index in [1.807, 2.05) is 32.0 Å². The number of hydrogen-bond acceptors (Lipinski definition) is 4. The van der Waals surface area contributed by atoms with Crippen LogP contribution in [0, 0.1) is 6.92 Å². The molecule has 80 valence electrons. The number of nitrogens with one attached hydrogen (secondary N) is 1. The van der Waals surface area contributed by atoms with Crippen molar-refractivity contribution in [3.63, 3.8) is 0 Å². The van der Waals surface area contributed by atoms with Crippen molar-refractivity contribution in [2.45, 2.75) is 19.9 Å². The third-order valence-electron chi connectivity index (χ3n) is 2.29. The average Bonchev–Trinajstić information content (AvgIpc) is 2.59. The first-order valence-corrected chi connectivity index (χ1v) is 5.03. The maximum Gasteiger partial charge on any atom is 0.177 e. The summed E-state index contributed by atoms with van der Waals surface area (Å²) in [6.07, 6.45) is 0. The van der Waals surface area contributed by atoms with E-state index in [0.717, 1.165) is 22.4 Å². The Hall–Kier alpha value is -1.55. The van der Waals surface area contributed by atoms with Crippen LogP contribution in [0.4, 0.5) is 5.82 Å². The van der Waals surface area contributed by atoms with E-state index in [-0.39, 0.29) is 6.04 Å². The minimum absolute atomic E-state index is 0.0987. The molecule has 1 unspecified atom stereocenters. The Labute approximate surface area is 88.4 Å². The van der Waals surface area contributed by atoms with Crippen LogP contribution in [0.2, 0.25) is 0 Å². The van der Waals surface area contributed by atoms with Crippen molar-refractivity contribution in [3.05, 3.63) is 23.8 Å². The van der Waals surface area contributed by atoms with Gasteiger partial charge in [-0.05, 0) is 25.5 Å². The minimum atomic E-state index is 0.0987. The molecular weight excluding hydrogens is 190 g/mol. The van der Waals surface area contributed by atoms with Crippen LogP contribution in [0.1, 0.15) is 12.5 Å². The summed E-state index contributed by atoms with van der Waals surface area (Å²) in [6.45, 7) is 4.64. The van der Waals surface area contributed by atoms with E-state index >= 15 is 0 Å². The van der Waals surface area contributed by atoms with E-state index in [4.69, 9.17) is 10.3 Å². The molecule has 0 bridgehead atoms. The van der Waals surface area contributed by atoms with Crippen LogP contribution >= 0.6 is 0 Å². The molecule has 0 saturated heterocycles. The highest BCUT2D eigenvalue weighted by atomic mass is 16.5. The average molecular weight is 205 g/mol. The Morgan fingerprint density at radius 3 is 3.07 bits per heavy atom. The Bertz CT molecular complexity index is 462. The molecule has 0 radical (unpaired) electrons. The number of aryl methyl sites for hydroxylation is 1. The van der Waals surface area contributed by atoms with Gasteiger partial charge in [-0.15, -0.1) is 0 Å². The maximum absolute atomic E-state index is 5.66. The fourth-order valence-electron chi connectivity index (χ4n) is 1.49. The van der Waals surface area contributed by atoms with Crippen molar-refractivity contribution in [1.29, 1.82) is 0 Å². The predicted octanol–water partition coefficient (Wildman–Crippen LogP) is 1.90. The number of nitrogens with two attached hydrogens (primary N) is 1. The molecule has 2 rings (SSSR count). The lowest BCUT2D eigenvalue weighted by atomic mass is 10.2. The molecule has 0 aliphatic heterocycles. The molecule has 0 saturated carbocycles. The summed E-state index contributed by atoms with van der Waals surface area (Å²) in [5.41, 5.74) is 7.59. The van der Waals surface area contributed by atoms with Crippen LogP contribution in [0.15, 0.2) is 22.7 Å². The first-order chi connectivity index (χ1) is 7.18. The van der Waals surface area contributed by atoms with Crippen molar-refractivity contribution in [3.8, 4) is 0 Å². The second-order valence-corrected chi connectivity index (χ2v) is 3.84. The minimum Gasteiger partial charge on any atom is -0.365 e. The number of nitrogens with zero attached hydrogens (tertiary/aromatic N) is 1. The smallest absolute Gasteiger partial charge is 0.177 e. The molecule has 15 heavy (non-hydrogen) atoms. The molecule has 3 N–H and O–H groups in total. The summed E-state index contributed by atoms with van der Waals surface area (Å²) in [5, 5.41) is 8.16. The molecule has 0 aliphatic carbocycles. The number of rotatable bonds is 3. The molecule has 1 aromatic heterocycles. The third kappa shape index (κ3) is 1.94. The van der Waals surface area contributed by atoms with Crippen molar-refractivity contribution in [2.24, 2.45) is 5.73 Å². The lowest BCUT2D eigenvalue weighted by molar-refractivity contribution is 0.457. The molecule has 0 aliphatic rings. The first kappa shape index (κ1) is 9.98. The molecule has 0 amide bonds. The third-order valence-corrected chi connectivity index (χ3v) is 2.29. The van der Waals surface area contributed by atoms with Crippen LogP contribution in [-0.4, -0.2) is 17.7 Å². The molecule has 1 aromatic carbocycles. The van der Waals surface area contributed by atoms with Gasteiger partial charge < -0.3 is 15.6 Å². The number of fused-ring (bicyclic) bond motifs is 1. The molecule has 1 atom stereocenters. The fourth-order valence-corrected chi connectivity index (χ4v) is 1.49. The zero-order valence-electron chi connectivity index (χ0n) is 8.95. The zero-order chi connectivity index (χ0) is 10.8. The van der Waals surface area contributed by atoms with Gasteiger partial charge in [-0.25, -0.2) is 0 Å². The van der Waals surface area contributed by atoms with E-state index in [0.29, 0.717) is 6.54 Å². The normalized spacial score (nSPS) is 13.0. The molecular formula is C11H15N3O. The van der Waals surface area contributed by atoms with E-state index in [9.17, 15) is 0 Å². The molecule has 4 heteroatoms. The van der Waals surface area contributed by atoms with Gasteiger partial charge in [0.1, 0.15) is 0 Å². The van der Waals surface area contributed by atoms with Gasteiger partial charge in [-0.3, -0.25) is 0 Å². The van der Waals surface area contributed by atoms with Crippen LogP contribution < -0.4 is 11.1 Å². The maximum atomic E-state index is 5.66. The van der Waals surface area contributed by atoms with Crippen molar-refractivity contribution in [2.75, 3.05) is 11.9 Å². The lowest BCUT2D eigenvalue weighted by Gasteiger charge is -2.05.